The number of imide groups is 1. The second kappa shape index (κ2) is 6.68. The van der Waals surface area contributed by atoms with Gasteiger partial charge in [0.2, 0.25) is 5.91 Å². The number of carbonyl (C=O) groups excluding carboxylic acids is 4. The maximum atomic E-state index is 13.2. The first-order valence-electron chi connectivity index (χ1n) is 7.37. The van der Waals surface area contributed by atoms with Gasteiger partial charge in [-0.15, -0.1) is 0 Å². The molecule has 23 heavy (non-hydrogen) atoms. The molecule has 0 radical (unpaired) electrons. The highest BCUT2D eigenvalue weighted by Crippen LogP contribution is 2.26. The number of Topliss-reactive ketones (excluding diaryl/α,β-unsaturated/α-hetero) is 1. The molecule has 1 aromatic rings. The third kappa shape index (κ3) is 3.13. The van der Waals surface area contributed by atoms with E-state index in [0.29, 0.717) is 0 Å². The quantitative estimate of drug-likeness (QED) is 0.624. The fourth-order valence-electron chi connectivity index (χ4n) is 2.41. The van der Waals surface area contributed by atoms with Crippen LogP contribution in [0.5, 0.6) is 0 Å². The van der Waals surface area contributed by atoms with Crippen molar-refractivity contribution in [1.82, 2.24) is 10.2 Å². The van der Waals surface area contributed by atoms with Gasteiger partial charge in [-0.25, -0.2) is 4.39 Å². The van der Waals surface area contributed by atoms with Gasteiger partial charge in [-0.05, 0) is 18.2 Å². The van der Waals surface area contributed by atoms with E-state index in [0.717, 1.165) is 17.0 Å². The van der Waals surface area contributed by atoms with E-state index < -0.39 is 35.4 Å². The monoisotopic (exact) mass is 320 g/mol. The summed E-state index contributed by atoms with van der Waals surface area (Å²) in [7, 11) is 0. The lowest BCUT2D eigenvalue weighted by atomic mass is 10.0. The molecule has 3 amide bonds. The number of rotatable bonds is 1. The van der Waals surface area contributed by atoms with Crippen LogP contribution in [-0.4, -0.2) is 41.0 Å². The Bertz CT molecular complexity index is 687. The number of benzene rings is 1. The van der Waals surface area contributed by atoms with E-state index in [9.17, 15) is 23.6 Å². The minimum Gasteiger partial charge on any atom is -0.353 e. The maximum absolute atomic E-state index is 13.2. The van der Waals surface area contributed by atoms with Gasteiger partial charge >= 0.3 is 0 Å². The molecule has 7 heteroatoms. The minimum atomic E-state index is -1.02. The molecule has 0 spiro atoms. The van der Waals surface area contributed by atoms with Crippen molar-refractivity contribution in [3.63, 3.8) is 0 Å². The molecule has 2 aliphatic heterocycles. The molecule has 1 fully saturated rings. The normalized spacial score (nSPS) is 20.0. The van der Waals surface area contributed by atoms with E-state index >= 15 is 0 Å². The molecule has 0 bridgehead atoms. The standard InChI is InChI=1S/C13H9FN2O4.C3H8/c14-6-1-2-7-8(3-6)13(20)16(12(7)19)9-5-15-11(18)4-10(9)17;1-3-2/h1-3,9H,4-5H2,(H,15,18);3H2,1-2H3. The predicted molar refractivity (Wildman–Crippen MR) is 79.3 cm³/mol. The van der Waals surface area contributed by atoms with Crippen LogP contribution in [0.25, 0.3) is 0 Å². The Hall–Kier alpha value is -2.57. The molecule has 2 aliphatic rings. The van der Waals surface area contributed by atoms with Crippen molar-refractivity contribution in [2.75, 3.05) is 6.54 Å². The molecular formula is C16H17FN2O4. The summed E-state index contributed by atoms with van der Waals surface area (Å²) in [5.74, 6) is -2.91. The van der Waals surface area contributed by atoms with Crippen molar-refractivity contribution in [3.8, 4) is 0 Å². The molecule has 6 nitrogen and oxygen atoms in total. The highest BCUT2D eigenvalue weighted by molar-refractivity contribution is 6.23. The van der Waals surface area contributed by atoms with Crippen molar-refractivity contribution >= 4 is 23.5 Å². The maximum Gasteiger partial charge on any atom is 0.262 e. The largest absolute Gasteiger partial charge is 0.353 e. The Morgan fingerprint density at radius 2 is 1.74 bits per heavy atom. The number of nitrogens with one attached hydrogen (secondary N) is 1. The topological polar surface area (TPSA) is 83.6 Å². The van der Waals surface area contributed by atoms with E-state index in [2.05, 4.69) is 19.2 Å². The van der Waals surface area contributed by atoms with E-state index in [1.807, 2.05) is 0 Å². The van der Waals surface area contributed by atoms with Crippen molar-refractivity contribution in [1.29, 1.82) is 0 Å². The van der Waals surface area contributed by atoms with E-state index in [4.69, 9.17) is 0 Å². The van der Waals surface area contributed by atoms with Crippen LogP contribution in [0.3, 0.4) is 0 Å². The van der Waals surface area contributed by atoms with Crippen molar-refractivity contribution in [2.45, 2.75) is 32.7 Å². The Balaban J connectivity index is 0.000000595. The predicted octanol–water partition coefficient (Wildman–Crippen LogP) is 1.30. The first kappa shape index (κ1) is 16.8. The summed E-state index contributed by atoms with van der Waals surface area (Å²) >= 11 is 0. The average molecular weight is 320 g/mol. The minimum absolute atomic E-state index is 0.0558. The zero-order valence-corrected chi connectivity index (χ0v) is 12.9. The van der Waals surface area contributed by atoms with Crippen LogP contribution in [-0.2, 0) is 9.59 Å². The van der Waals surface area contributed by atoms with Gasteiger partial charge in [-0.3, -0.25) is 24.1 Å². The van der Waals surface area contributed by atoms with Crippen LogP contribution < -0.4 is 5.32 Å². The van der Waals surface area contributed by atoms with E-state index in [1.165, 1.54) is 12.5 Å². The first-order valence-corrected chi connectivity index (χ1v) is 7.37. The first-order chi connectivity index (χ1) is 10.9. The second-order valence-electron chi connectivity index (χ2n) is 5.34. The summed E-state index contributed by atoms with van der Waals surface area (Å²) in [4.78, 5) is 48.0. The molecule has 1 aromatic carbocycles. The van der Waals surface area contributed by atoms with Gasteiger partial charge in [0.1, 0.15) is 11.9 Å². The summed E-state index contributed by atoms with van der Waals surface area (Å²) in [6.45, 7) is 4.14. The Kier molecular flexibility index (Phi) is 4.88. The molecule has 1 unspecified atom stereocenters. The smallest absolute Gasteiger partial charge is 0.262 e. The summed E-state index contributed by atoms with van der Waals surface area (Å²) in [6, 6.07) is 2.25. The molecule has 0 aromatic heterocycles. The van der Waals surface area contributed by atoms with Crippen molar-refractivity contribution < 1.29 is 23.6 Å². The number of amides is 3. The highest BCUT2D eigenvalue weighted by atomic mass is 19.1. The van der Waals surface area contributed by atoms with Gasteiger partial charge in [0, 0.05) is 6.54 Å². The second-order valence-corrected chi connectivity index (χ2v) is 5.34. The average Bonchev–Trinajstić information content (AvgIpc) is 2.72. The fourth-order valence-corrected chi connectivity index (χ4v) is 2.41. The summed E-state index contributed by atoms with van der Waals surface area (Å²) in [5, 5.41) is 2.44. The third-order valence-corrected chi connectivity index (χ3v) is 3.39. The molecule has 3 rings (SSSR count). The highest BCUT2D eigenvalue weighted by Gasteiger charge is 2.44. The van der Waals surface area contributed by atoms with Crippen molar-refractivity contribution in [3.05, 3.63) is 35.1 Å². The zero-order chi connectivity index (χ0) is 17.1. The number of piperidine rings is 1. The summed E-state index contributed by atoms with van der Waals surface area (Å²) in [6.07, 6.45) is 0.881. The summed E-state index contributed by atoms with van der Waals surface area (Å²) < 4.78 is 13.2. The zero-order valence-electron chi connectivity index (χ0n) is 12.9. The van der Waals surface area contributed by atoms with Crippen LogP contribution in [0.2, 0.25) is 0 Å². The number of carbonyl (C=O) groups is 4. The number of hydrogen-bond acceptors (Lipinski definition) is 4. The van der Waals surface area contributed by atoms with Crippen LogP contribution in [0.1, 0.15) is 47.4 Å². The van der Waals surface area contributed by atoms with Gasteiger partial charge in [-0.2, -0.15) is 0 Å². The summed E-state index contributed by atoms with van der Waals surface area (Å²) in [5.41, 5.74) is 0.0146. The van der Waals surface area contributed by atoms with Gasteiger partial charge in [-0.1, -0.05) is 20.3 Å². The van der Waals surface area contributed by atoms with Crippen LogP contribution in [0.15, 0.2) is 18.2 Å². The van der Waals surface area contributed by atoms with E-state index in [-0.39, 0.29) is 24.1 Å². The van der Waals surface area contributed by atoms with Crippen LogP contribution in [0, 0.1) is 5.82 Å². The van der Waals surface area contributed by atoms with E-state index in [1.54, 1.807) is 0 Å². The lowest BCUT2D eigenvalue weighted by Gasteiger charge is -2.28. The third-order valence-electron chi connectivity index (χ3n) is 3.39. The molecule has 2 heterocycles. The number of fused-ring (bicyclic) bond motifs is 1. The fraction of sp³-hybridized carbons (Fsp3) is 0.375. The molecule has 1 N–H and O–H groups in total. The van der Waals surface area contributed by atoms with Gasteiger partial charge in [0.15, 0.2) is 5.78 Å². The van der Waals surface area contributed by atoms with Gasteiger partial charge in [0.05, 0.1) is 17.5 Å². The lowest BCUT2D eigenvalue weighted by molar-refractivity contribution is -0.133. The van der Waals surface area contributed by atoms with Crippen LogP contribution >= 0.6 is 0 Å². The van der Waals surface area contributed by atoms with Crippen molar-refractivity contribution in [2.24, 2.45) is 0 Å². The number of hydrogen-bond donors (Lipinski definition) is 1. The SMILES string of the molecule is CCC.O=C1CC(=O)C(N2C(=O)c3ccc(F)cc3C2=O)CN1. The Morgan fingerprint density at radius 1 is 1.13 bits per heavy atom. The molecule has 0 saturated carbocycles. The Labute approximate surface area is 132 Å². The molecule has 0 aliphatic carbocycles. The number of halogens is 1. The lowest BCUT2D eigenvalue weighted by Crippen LogP contribution is -2.55. The van der Waals surface area contributed by atoms with Gasteiger partial charge < -0.3 is 5.32 Å². The van der Waals surface area contributed by atoms with Gasteiger partial charge in [0.25, 0.3) is 11.8 Å². The Morgan fingerprint density at radius 3 is 2.35 bits per heavy atom. The molecule has 1 saturated heterocycles. The molecule has 122 valence electrons. The number of nitrogens with zero attached hydrogens (tertiary/aromatic N) is 1. The number of ketones is 1. The van der Waals surface area contributed by atoms with Crippen LogP contribution in [0.4, 0.5) is 4.39 Å². The molecule has 1 atom stereocenters. The molecular weight excluding hydrogens is 303 g/mol.